The number of nitrogens with zero attached hydrogens (tertiary/aromatic N) is 2. The molecule has 214 valence electrons. The lowest BCUT2D eigenvalue weighted by Gasteiger charge is -2.33. The number of amides is 2. The highest BCUT2D eigenvalue weighted by Crippen LogP contribution is 2.27. The number of halogens is 3. The number of nitrogens with one attached hydrogen (secondary N) is 1. The second-order valence-electron chi connectivity index (χ2n) is 9.89. The Bertz CT molecular complexity index is 1400. The molecule has 0 aliphatic carbocycles. The molecule has 2 amide bonds. The van der Waals surface area contributed by atoms with Crippen LogP contribution in [-0.4, -0.2) is 50.5 Å². The molecule has 40 heavy (non-hydrogen) atoms. The number of anilines is 1. The van der Waals surface area contributed by atoms with Gasteiger partial charge < -0.3 is 10.2 Å². The summed E-state index contributed by atoms with van der Waals surface area (Å²) < 4.78 is 40.2. The monoisotopic (exact) mass is 607 g/mol. The van der Waals surface area contributed by atoms with E-state index in [1.165, 1.54) is 47.4 Å². The van der Waals surface area contributed by atoms with Crippen molar-refractivity contribution < 1.29 is 22.4 Å². The molecule has 0 bridgehead atoms. The first-order valence-electron chi connectivity index (χ1n) is 12.6. The number of carbonyl (C=O) groups excluding carboxylic acids is 2. The van der Waals surface area contributed by atoms with Crippen LogP contribution in [0.25, 0.3) is 0 Å². The van der Waals surface area contributed by atoms with Gasteiger partial charge in [0.15, 0.2) is 0 Å². The number of benzene rings is 3. The Morgan fingerprint density at radius 1 is 0.925 bits per heavy atom. The molecule has 3 aromatic rings. The first kappa shape index (κ1) is 31.4. The molecule has 1 atom stereocenters. The molecular weight excluding hydrogens is 576 g/mol. The van der Waals surface area contributed by atoms with Gasteiger partial charge in [-0.15, -0.1) is 0 Å². The third kappa shape index (κ3) is 9.21. The van der Waals surface area contributed by atoms with Gasteiger partial charge in [0.2, 0.25) is 21.8 Å². The molecule has 3 rings (SSSR count). The van der Waals surface area contributed by atoms with Crippen LogP contribution in [0.1, 0.15) is 25.0 Å². The molecule has 0 saturated carbocycles. The van der Waals surface area contributed by atoms with Gasteiger partial charge in [-0.2, -0.15) is 0 Å². The normalized spacial score (nSPS) is 12.2. The van der Waals surface area contributed by atoms with Crippen molar-refractivity contribution in [2.75, 3.05) is 23.7 Å². The number of rotatable bonds is 12. The second-order valence-corrected chi connectivity index (χ2v) is 12.7. The van der Waals surface area contributed by atoms with Gasteiger partial charge in [0.25, 0.3) is 0 Å². The first-order chi connectivity index (χ1) is 18.8. The van der Waals surface area contributed by atoms with Crippen molar-refractivity contribution in [3.05, 3.63) is 99.8 Å². The van der Waals surface area contributed by atoms with Crippen LogP contribution < -0.4 is 9.62 Å². The van der Waals surface area contributed by atoms with Gasteiger partial charge in [-0.3, -0.25) is 13.9 Å². The first-order valence-corrected chi connectivity index (χ1v) is 15.2. The average molecular weight is 609 g/mol. The smallest absolute Gasteiger partial charge is 0.244 e. The van der Waals surface area contributed by atoms with Crippen molar-refractivity contribution in [3.8, 4) is 0 Å². The van der Waals surface area contributed by atoms with E-state index in [0.717, 1.165) is 16.1 Å². The van der Waals surface area contributed by atoms with E-state index in [1.807, 2.05) is 44.2 Å². The minimum Gasteiger partial charge on any atom is -0.354 e. The zero-order chi connectivity index (χ0) is 29.4. The van der Waals surface area contributed by atoms with Gasteiger partial charge in [0, 0.05) is 29.6 Å². The van der Waals surface area contributed by atoms with Crippen LogP contribution in [0, 0.1) is 11.7 Å². The summed E-state index contributed by atoms with van der Waals surface area (Å²) in [5.74, 6) is -1.30. The summed E-state index contributed by atoms with van der Waals surface area (Å²) in [6, 6.07) is 18.0. The molecule has 0 saturated heterocycles. The van der Waals surface area contributed by atoms with Gasteiger partial charge >= 0.3 is 0 Å². The Morgan fingerprint density at radius 2 is 1.52 bits per heavy atom. The second kappa shape index (κ2) is 14.0. The molecule has 0 heterocycles. The Labute approximate surface area is 244 Å². The van der Waals surface area contributed by atoms with Crippen LogP contribution in [0.5, 0.6) is 0 Å². The largest absolute Gasteiger partial charge is 0.354 e. The summed E-state index contributed by atoms with van der Waals surface area (Å²) in [5.41, 5.74) is 1.49. The zero-order valence-corrected chi connectivity index (χ0v) is 24.8. The topological polar surface area (TPSA) is 86.8 Å². The van der Waals surface area contributed by atoms with Crippen molar-refractivity contribution in [1.29, 1.82) is 0 Å². The predicted molar refractivity (Wildman–Crippen MR) is 157 cm³/mol. The number of hydrogen-bond acceptors (Lipinski definition) is 4. The summed E-state index contributed by atoms with van der Waals surface area (Å²) in [7, 11) is -3.97. The summed E-state index contributed by atoms with van der Waals surface area (Å²) in [6.07, 6.45) is 1.15. The molecule has 1 N–H and O–H groups in total. The SMILES string of the molecule is CC(C)CNC(=O)[C@@H](Cc1ccccc1)N(Cc1ccc(F)cc1)C(=O)CN(c1cc(Cl)cc(Cl)c1)S(C)(=O)=O. The van der Waals surface area contributed by atoms with Crippen LogP contribution >= 0.6 is 23.2 Å². The fourth-order valence-corrected chi connectivity index (χ4v) is 5.41. The van der Waals surface area contributed by atoms with Crippen molar-refractivity contribution in [2.24, 2.45) is 5.92 Å². The van der Waals surface area contributed by atoms with Gasteiger partial charge in [-0.25, -0.2) is 12.8 Å². The van der Waals surface area contributed by atoms with Crippen LogP contribution in [0.15, 0.2) is 72.8 Å². The fourth-order valence-electron chi connectivity index (χ4n) is 4.06. The highest BCUT2D eigenvalue weighted by molar-refractivity contribution is 7.92. The van der Waals surface area contributed by atoms with Crippen LogP contribution in [0.2, 0.25) is 10.0 Å². The molecule has 0 aliphatic heterocycles. The lowest BCUT2D eigenvalue weighted by molar-refractivity contribution is -0.140. The Balaban J connectivity index is 2.06. The van der Waals surface area contributed by atoms with E-state index < -0.39 is 34.3 Å². The predicted octanol–water partition coefficient (Wildman–Crippen LogP) is 5.31. The maximum atomic E-state index is 14.0. The van der Waals surface area contributed by atoms with E-state index in [4.69, 9.17) is 23.2 Å². The Morgan fingerprint density at radius 3 is 2.08 bits per heavy atom. The number of sulfonamides is 1. The van der Waals surface area contributed by atoms with E-state index in [9.17, 15) is 22.4 Å². The van der Waals surface area contributed by atoms with E-state index in [2.05, 4.69) is 5.32 Å². The van der Waals surface area contributed by atoms with Crippen molar-refractivity contribution in [3.63, 3.8) is 0 Å². The molecule has 0 fully saturated rings. The molecule has 0 unspecified atom stereocenters. The quantitative estimate of drug-likeness (QED) is 0.302. The van der Waals surface area contributed by atoms with Gasteiger partial charge in [-0.1, -0.05) is 79.5 Å². The van der Waals surface area contributed by atoms with Crippen LogP contribution in [-0.2, 0) is 32.6 Å². The maximum absolute atomic E-state index is 14.0. The molecule has 3 aromatic carbocycles. The molecule has 0 aliphatic rings. The molecular formula is C29H32Cl2FN3O4S. The molecule has 0 spiro atoms. The third-order valence-electron chi connectivity index (χ3n) is 6.04. The number of hydrogen-bond donors (Lipinski definition) is 1. The standard InChI is InChI=1S/C29H32Cl2FN3O4S/c1-20(2)17-33-29(37)27(13-21-7-5-4-6-8-21)34(18-22-9-11-25(32)12-10-22)28(36)19-35(40(3,38)39)26-15-23(30)14-24(31)16-26/h4-12,14-16,20,27H,13,17-19H2,1-3H3,(H,33,37)/t27-/m1/s1. The number of carbonyl (C=O) groups is 2. The Hall–Kier alpha value is -3.14. The van der Waals surface area contributed by atoms with Gasteiger partial charge in [0.05, 0.1) is 11.9 Å². The molecule has 7 nitrogen and oxygen atoms in total. The van der Waals surface area contributed by atoms with Crippen LogP contribution in [0.3, 0.4) is 0 Å². The molecule has 11 heteroatoms. The third-order valence-corrected chi connectivity index (χ3v) is 7.61. The summed E-state index contributed by atoms with van der Waals surface area (Å²) in [6.45, 7) is 3.63. The van der Waals surface area contributed by atoms with Crippen molar-refractivity contribution >= 4 is 50.7 Å². The van der Waals surface area contributed by atoms with E-state index >= 15 is 0 Å². The lowest BCUT2D eigenvalue weighted by Crippen LogP contribution is -2.53. The van der Waals surface area contributed by atoms with E-state index in [1.54, 1.807) is 0 Å². The lowest BCUT2D eigenvalue weighted by atomic mass is 10.0. The molecule has 0 radical (unpaired) electrons. The average Bonchev–Trinajstić information content (AvgIpc) is 2.88. The van der Waals surface area contributed by atoms with Gasteiger partial charge in [-0.05, 0) is 47.4 Å². The fraction of sp³-hybridized carbons (Fsp3) is 0.310. The summed E-state index contributed by atoms with van der Waals surface area (Å²) in [5, 5.41) is 3.30. The zero-order valence-electron chi connectivity index (χ0n) is 22.5. The highest BCUT2D eigenvalue weighted by Gasteiger charge is 2.33. The highest BCUT2D eigenvalue weighted by atomic mass is 35.5. The van der Waals surface area contributed by atoms with Crippen molar-refractivity contribution in [2.45, 2.75) is 32.9 Å². The van der Waals surface area contributed by atoms with Gasteiger partial charge in [0.1, 0.15) is 18.4 Å². The van der Waals surface area contributed by atoms with Crippen LogP contribution in [0.4, 0.5) is 10.1 Å². The van der Waals surface area contributed by atoms with E-state index in [-0.39, 0.29) is 40.5 Å². The summed E-state index contributed by atoms with van der Waals surface area (Å²) in [4.78, 5) is 28.9. The minimum absolute atomic E-state index is 0.0559. The summed E-state index contributed by atoms with van der Waals surface area (Å²) >= 11 is 12.2. The Kier molecular flexibility index (Phi) is 11.0. The maximum Gasteiger partial charge on any atom is 0.244 e. The molecule has 0 aromatic heterocycles. The van der Waals surface area contributed by atoms with E-state index in [0.29, 0.717) is 12.1 Å². The van der Waals surface area contributed by atoms with Crippen molar-refractivity contribution in [1.82, 2.24) is 10.2 Å². The minimum atomic E-state index is -3.97.